The van der Waals surface area contributed by atoms with Gasteiger partial charge in [0.15, 0.2) is 0 Å². The molecule has 0 bridgehead atoms. The first-order valence-corrected chi connectivity index (χ1v) is 7.25. The molecule has 1 aliphatic carbocycles. The molecule has 3 nitrogen and oxygen atoms in total. The van der Waals surface area contributed by atoms with Gasteiger partial charge in [-0.05, 0) is 50.8 Å². The number of aromatic nitrogens is 1. The average Bonchev–Trinajstić information content (AvgIpc) is 3.23. The SMILES string of the molecule is Cc1ccc(N(CC2CCCCN2)C2CC2)nc1. The molecule has 0 radical (unpaired) electrons. The zero-order valence-electron chi connectivity index (χ0n) is 11.2. The summed E-state index contributed by atoms with van der Waals surface area (Å²) in [5.74, 6) is 1.16. The van der Waals surface area contributed by atoms with Crippen molar-refractivity contribution in [1.29, 1.82) is 0 Å². The Bertz CT molecular complexity index is 377. The molecule has 2 fully saturated rings. The number of hydrogen-bond acceptors (Lipinski definition) is 3. The van der Waals surface area contributed by atoms with Crippen molar-refractivity contribution in [2.24, 2.45) is 0 Å². The number of piperidine rings is 1. The zero-order chi connectivity index (χ0) is 12.4. The van der Waals surface area contributed by atoms with E-state index in [0.29, 0.717) is 6.04 Å². The molecule has 1 aromatic rings. The summed E-state index contributed by atoms with van der Waals surface area (Å²) < 4.78 is 0. The molecule has 3 heteroatoms. The molecular formula is C15H23N3. The summed E-state index contributed by atoms with van der Waals surface area (Å²) in [7, 11) is 0. The van der Waals surface area contributed by atoms with Crippen LogP contribution in [-0.2, 0) is 0 Å². The lowest BCUT2D eigenvalue weighted by Crippen LogP contribution is -2.44. The second-order valence-corrected chi connectivity index (χ2v) is 5.72. The average molecular weight is 245 g/mol. The Labute approximate surface area is 110 Å². The van der Waals surface area contributed by atoms with Gasteiger partial charge in [-0.1, -0.05) is 12.5 Å². The van der Waals surface area contributed by atoms with Crippen LogP contribution in [0.1, 0.15) is 37.7 Å². The van der Waals surface area contributed by atoms with E-state index in [1.807, 2.05) is 6.20 Å². The first-order valence-electron chi connectivity index (χ1n) is 7.25. The van der Waals surface area contributed by atoms with Gasteiger partial charge in [-0.15, -0.1) is 0 Å². The highest BCUT2D eigenvalue weighted by molar-refractivity contribution is 5.42. The second-order valence-electron chi connectivity index (χ2n) is 5.72. The number of nitrogens with zero attached hydrogens (tertiary/aromatic N) is 2. The van der Waals surface area contributed by atoms with Crippen LogP contribution >= 0.6 is 0 Å². The third-order valence-electron chi connectivity index (χ3n) is 4.01. The molecule has 98 valence electrons. The summed E-state index contributed by atoms with van der Waals surface area (Å²) in [6, 6.07) is 5.74. The van der Waals surface area contributed by atoms with Crippen LogP contribution in [0, 0.1) is 6.92 Å². The number of pyridine rings is 1. The van der Waals surface area contributed by atoms with E-state index in [1.54, 1.807) is 0 Å². The van der Waals surface area contributed by atoms with Gasteiger partial charge in [-0.3, -0.25) is 0 Å². The molecule has 0 spiro atoms. The number of hydrogen-bond donors (Lipinski definition) is 1. The van der Waals surface area contributed by atoms with E-state index in [1.165, 1.54) is 44.2 Å². The minimum Gasteiger partial charge on any atom is -0.352 e. The first kappa shape index (κ1) is 12.0. The maximum atomic E-state index is 4.60. The molecule has 1 aromatic heterocycles. The van der Waals surface area contributed by atoms with E-state index in [-0.39, 0.29) is 0 Å². The Hall–Kier alpha value is -1.09. The third kappa shape index (κ3) is 2.83. The van der Waals surface area contributed by atoms with Gasteiger partial charge >= 0.3 is 0 Å². The predicted octanol–water partition coefficient (Wildman–Crippen LogP) is 2.50. The minimum absolute atomic E-state index is 0.655. The summed E-state index contributed by atoms with van der Waals surface area (Å²) in [5.41, 5.74) is 1.24. The van der Waals surface area contributed by atoms with Crippen LogP contribution in [0.15, 0.2) is 18.3 Å². The van der Waals surface area contributed by atoms with Crippen molar-refractivity contribution in [3.63, 3.8) is 0 Å². The highest BCUT2D eigenvalue weighted by Gasteiger charge is 2.31. The Kier molecular flexibility index (Phi) is 3.50. The minimum atomic E-state index is 0.655. The molecule has 1 saturated heterocycles. The molecule has 2 aliphatic rings. The molecule has 0 aromatic carbocycles. The number of rotatable bonds is 4. The largest absolute Gasteiger partial charge is 0.352 e. The lowest BCUT2D eigenvalue weighted by atomic mass is 10.0. The van der Waals surface area contributed by atoms with Gasteiger partial charge in [0.2, 0.25) is 0 Å². The van der Waals surface area contributed by atoms with Crippen molar-refractivity contribution in [2.75, 3.05) is 18.0 Å². The fraction of sp³-hybridized carbons (Fsp3) is 0.667. The number of anilines is 1. The Morgan fingerprint density at radius 3 is 2.78 bits per heavy atom. The highest BCUT2D eigenvalue weighted by Crippen LogP contribution is 2.31. The highest BCUT2D eigenvalue weighted by atomic mass is 15.2. The summed E-state index contributed by atoms with van der Waals surface area (Å²) in [4.78, 5) is 7.12. The lowest BCUT2D eigenvalue weighted by Gasteiger charge is -2.31. The van der Waals surface area contributed by atoms with E-state index >= 15 is 0 Å². The van der Waals surface area contributed by atoms with E-state index in [9.17, 15) is 0 Å². The number of nitrogens with one attached hydrogen (secondary N) is 1. The van der Waals surface area contributed by atoms with Crippen molar-refractivity contribution in [3.8, 4) is 0 Å². The van der Waals surface area contributed by atoms with Crippen LogP contribution in [-0.4, -0.2) is 30.2 Å². The fourth-order valence-electron chi connectivity index (χ4n) is 2.76. The maximum absolute atomic E-state index is 4.60. The van der Waals surface area contributed by atoms with Crippen molar-refractivity contribution in [2.45, 2.75) is 51.1 Å². The van der Waals surface area contributed by atoms with Gasteiger partial charge in [0, 0.05) is 24.8 Å². The zero-order valence-corrected chi connectivity index (χ0v) is 11.2. The second kappa shape index (κ2) is 5.27. The maximum Gasteiger partial charge on any atom is 0.128 e. The molecule has 18 heavy (non-hydrogen) atoms. The Morgan fingerprint density at radius 1 is 1.28 bits per heavy atom. The predicted molar refractivity (Wildman–Crippen MR) is 75.0 cm³/mol. The van der Waals surface area contributed by atoms with Crippen LogP contribution in [0.5, 0.6) is 0 Å². The van der Waals surface area contributed by atoms with Crippen molar-refractivity contribution in [1.82, 2.24) is 10.3 Å². The molecule has 1 unspecified atom stereocenters. The molecule has 1 atom stereocenters. The Balaban J connectivity index is 1.69. The van der Waals surface area contributed by atoms with E-state index in [4.69, 9.17) is 0 Å². The smallest absolute Gasteiger partial charge is 0.128 e. The first-order chi connectivity index (χ1) is 8.83. The van der Waals surface area contributed by atoms with Crippen LogP contribution in [0.3, 0.4) is 0 Å². The molecule has 1 N–H and O–H groups in total. The molecule has 0 amide bonds. The van der Waals surface area contributed by atoms with Gasteiger partial charge < -0.3 is 10.2 Å². The van der Waals surface area contributed by atoms with Crippen LogP contribution < -0.4 is 10.2 Å². The monoisotopic (exact) mass is 245 g/mol. The van der Waals surface area contributed by atoms with Crippen molar-refractivity contribution < 1.29 is 0 Å². The summed E-state index contributed by atoms with van der Waals surface area (Å²) in [5, 5.41) is 3.64. The fourth-order valence-corrected chi connectivity index (χ4v) is 2.76. The van der Waals surface area contributed by atoms with Crippen LogP contribution in [0.25, 0.3) is 0 Å². The third-order valence-corrected chi connectivity index (χ3v) is 4.01. The van der Waals surface area contributed by atoms with E-state index in [0.717, 1.165) is 18.4 Å². The normalized spacial score (nSPS) is 23.9. The van der Waals surface area contributed by atoms with Gasteiger partial charge in [0.1, 0.15) is 5.82 Å². The van der Waals surface area contributed by atoms with Crippen molar-refractivity contribution >= 4 is 5.82 Å². The molecule has 1 aliphatic heterocycles. The topological polar surface area (TPSA) is 28.2 Å². The molecule has 2 heterocycles. The van der Waals surface area contributed by atoms with E-state index < -0.39 is 0 Å². The summed E-state index contributed by atoms with van der Waals surface area (Å²) in [6.07, 6.45) is 8.68. The number of aryl methyl sites for hydroxylation is 1. The van der Waals surface area contributed by atoms with Gasteiger partial charge in [-0.25, -0.2) is 4.98 Å². The van der Waals surface area contributed by atoms with Crippen molar-refractivity contribution in [3.05, 3.63) is 23.9 Å². The van der Waals surface area contributed by atoms with Crippen LogP contribution in [0.2, 0.25) is 0 Å². The van der Waals surface area contributed by atoms with E-state index in [2.05, 4.69) is 34.3 Å². The summed E-state index contributed by atoms with van der Waals surface area (Å²) >= 11 is 0. The quantitative estimate of drug-likeness (QED) is 0.883. The molecule has 1 saturated carbocycles. The Morgan fingerprint density at radius 2 is 2.17 bits per heavy atom. The van der Waals surface area contributed by atoms with Gasteiger partial charge in [0.25, 0.3) is 0 Å². The molecular weight excluding hydrogens is 222 g/mol. The summed E-state index contributed by atoms with van der Waals surface area (Å²) in [6.45, 7) is 4.41. The molecule has 3 rings (SSSR count). The lowest BCUT2D eigenvalue weighted by molar-refractivity contribution is 0.397. The van der Waals surface area contributed by atoms with Gasteiger partial charge in [-0.2, -0.15) is 0 Å². The van der Waals surface area contributed by atoms with Gasteiger partial charge in [0.05, 0.1) is 0 Å². The standard InChI is InChI=1S/C15H23N3/c1-12-5-8-15(17-10-12)18(14-6-7-14)11-13-4-2-3-9-16-13/h5,8,10,13-14,16H,2-4,6-7,9,11H2,1H3. The van der Waals surface area contributed by atoms with Crippen LogP contribution in [0.4, 0.5) is 5.82 Å².